The maximum absolute atomic E-state index is 13.0. The highest BCUT2D eigenvalue weighted by molar-refractivity contribution is 5.67. The van der Waals surface area contributed by atoms with Crippen LogP contribution in [0.1, 0.15) is 11.1 Å². The Bertz CT molecular complexity index is 610. The van der Waals surface area contributed by atoms with Crippen molar-refractivity contribution in [1.29, 1.82) is 5.26 Å². The fraction of sp³-hybridized carbons (Fsp3) is 0.0714. The summed E-state index contributed by atoms with van der Waals surface area (Å²) in [6.45, 7) is 1.87. The number of nitrogens with zero attached hydrogens (tertiary/aromatic N) is 1. The van der Waals surface area contributed by atoms with Crippen molar-refractivity contribution in [3.05, 3.63) is 59.2 Å². The van der Waals surface area contributed by atoms with Gasteiger partial charge in [-0.1, -0.05) is 6.07 Å². The number of aryl methyl sites for hydroxylation is 1. The van der Waals surface area contributed by atoms with Crippen LogP contribution in [0, 0.1) is 29.9 Å². The summed E-state index contributed by atoms with van der Waals surface area (Å²) < 4.78 is 26.1. The minimum absolute atomic E-state index is 0.271. The average Bonchev–Trinajstić information content (AvgIpc) is 2.30. The Hall–Kier alpha value is -2.41. The van der Waals surface area contributed by atoms with Gasteiger partial charge in [0.05, 0.1) is 11.3 Å². The van der Waals surface area contributed by atoms with Crippen LogP contribution in [-0.2, 0) is 0 Å². The molecule has 2 aromatic rings. The van der Waals surface area contributed by atoms with E-state index in [0.29, 0.717) is 11.3 Å². The molecule has 2 rings (SSSR count). The molecule has 90 valence electrons. The molecule has 18 heavy (non-hydrogen) atoms. The summed E-state index contributed by atoms with van der Waals surface area (Å²) in [6.07, 6.45) is 0. The van der Waals surface area contributed by atoms with Crippen molar-refractivity contribution < 1.29 is 8.78 Å². The lowest BCUT2D eigenvalue weighted by Crippen LogP contribution is -1.95. The zero-order valence-corrected chi connectivity index (χ0v) is 9.67. The molecule has 0 atom stereocenters. The predicted octanol–water partition coefficient (Wildman–Crippen LogP) is 3.89. The molecule has 0 fully saturated rings. The highest BCUT2D eigenvalue weighted by atomic mass is 19.1. The Balaban J connectivity index is 2.37. The molecule has 0 saturated heterocycles. The largest absolute Gasteiger partial charge is 0.354 e. The maximum Gasteiger partial charge on any atom is 0.128 e. The summed E-state index contributed by atoms with van der Waals surface area (Å²) in [5, 5.41) is 11.8. The van der Waals surface area contributed by atoms with Crippen LogP contribution >= 0.6 is 0 Å². The van der Waals surface area contributed by atoms with Crippen LogP contribution in [0.3, 0.4) is 0 Å². The van der Waals surface area contributed by atoms with Gasteiger partial charge in [-0.3, -0.25) is 0 Å². The van der Waals surface area contributed by atoms with Crippen molar-refractivity contribution in [3.63, 3.8) is 0 Å². The summed E-state index contributed by atoms with van der Waals surface area (Å²) in [5.41, 5.74) is 2.17. The minimum Gasteiger partial charge on any atom is -0.354 e. The zero-order chi connectivity index (χ0) is 13.1. The summed E-state index contributed by atoms with van der Waals surface area (Å²) in [7, 11) is 0. The second kappa shape index (κ2) is 4.84. The summed E-state index contributed by atoms with van der Waals surface area (Å²) in [4.78, 5) is 0. The average molecular weight is 244 g/mol. The fourth-order valence-electron chi connectivity index (χ4n) is 1.64. The molecule has 0 radical (unpaired) electrons. The SMILES string of the molecule is Cc1ccc(Nc2cc(F)cc(F)c2)c(C#N)c1. The van der Waals surface area contributed by atoms with Crippen molar-refractivity contribution in [1.82, 2.24) is 0 Å². The lowest BCUT2D eigenvalue weighted by atomic mass is 10.1. The van der Waals surface area contributed by atoms with Crippen LogP contribution in [0.25, 0.3) is 0 Å². The molecule has 0 aliphatic rings. The van der Waals surface area contributed by atoms with E-state index in [1.54, 1.807) is 12.1 Å². The second-order valence-corrected chi connectivity index (χ2v) is 3.94. The number of rotatable bonds is 2. The van der Waals surface area contributed by atoms with Crippen LogP contribution in [0.4, 0.5) is 20.2 Å². The van der Waals surface area contributed by atoms with Crippen LogP contribution in [-0.4, -0.2) is 0 Å². The van der Waals surface area contributed by atoms with Gasteiger partial charge < -0.3 is 5.32 Å². The van der Waals surface area contributed by atoms with E-state index >= 15 is 0 Å². The van der Waals surface area contributed by atoms with Crippen molar-refractivity contribution in [3.8, 4) is 6.07 Å². The van der Waals surface area contributed by atoms with Gasteiger partial charge >= 0.3 is 0 Å². The third kappa shape index (κ3) is 2.64. The van der Waals surface area contributed by atoms with Gasteiger partial charge in [-0.2, -0.15) is 5.26 Å². The molecule has 0 heterocycles. The number of benzene rings is 2. The third-order valence-corrected chi connectivity index (χ3v) is 2.44. The number of nitrogens with one attached hydrogen (secondary N) is 1. The topological polar surface area (TPSA) is 35.8 Å². The van der Waals surface area contributed by atoms with E-state index in [0.717, 1.165) is 11.6 Å². The van der Waals surface area contributed by atoms with Gasteiger partial charge in [0.1, 0.15) is 17.7 Å². The van der Waals surface area contributed by atoms with Crippen LogP contribution in [0.5, 0.6) is 0 Å². The quantitative estimate of drug-likeness (QED) is 0.869. The lowest BCUT2D eigenvalue weighted by molar-refractivity contribution is 0.584. The molecule has 0 aliphatic heterocycles. The summed E-state index contributed by atoms with van der Waals surface area (Å²) in [6, 6.07) is 10.4. The maximum atomic E-state index is 13.0. The van der Waals surface area contributed by atoms with E-state index in [1.165, 1.54) is 12.1 Å². The first kappa shape index (κ1) is 12.1. The molecular weight excluding hydrogens is 234 g/mol. The van der Waals surface area contributed by atoms with Gasteiger partial charge in [0.15, 0.2) is 0 Å². The molecule has 2 aromatic carbocycles. The first-order valence-electron chi connectivity index (χ1n) is 5.32. The monoisotopic (exact) mass is 244 g/mol. The summed E-state index contributed by atoms with van der Waals surface area (Å²) >= 11 is 0. The fourth-order valence-corrected chi connectivity index (χ4v) is 1.64. The van der Waals surface area contributed by atoms with E-state index in [9.17, 15) is 8.78 Å². The van der Waals surface area contributed by atoms with Gasteiger partial charge in [-0.15, -0.1) is 0 Å². The Labute approximate surface area is 103 Å². The lowest BCUT2D eigenvalue weighted by Gasteiger charge is -2.09. The number of hydrogen-bond donors (Lipinski definition) is 1. The van der Waals surface area contributed by atoms with Crippen LogP contribution in [0.2, 0.25) is 0 Å². The first-order chi connectivity index (χ1) is 8.58. The number of nitriles is 1. The van der Waals surface area contributed by atoms with Crippen molar-refractivity contribution in [2.45, 2.75) is 6.92 Å². The van der Waals surface area contributed by atoms with Gasteiger partial charge in [0, 0.05) is 11.8 Å². The van der Waals surface area contributed by atoms with Crippen molar-refractivity contribution >= 4 is 11.4 Å². The van der Waals surface area contributed by atoms with Crippen LogP contribution in [0.15, 0.2) is 36.4 Å². The molecule has 4 heteroatoms. The molecule has 2 nitrogen and oxygen atoms in total. The zero-order valence-electron chi connectivity index (χ0n) is 9.67. The molecular formula is C14H10F2N2. The minimum atomic E-state index is -0.664. The van der Waals surface area contributed by atoms with Crippen molar-refractivity contribution in [2.75, 3.05) is 5.32 Å². The molecule has 1 N–H and O–H groups in total. The third-order valence-electron chi connectivity index (χ3n) is 2.44. The van der Waals surface area contributed by atoms with E-state index < -0.39 is 11.6 Å². The summed E-state index contributed by atoms with van der Waals surface area (Å²) in [5.74, 6) is -1.33. The number of anilines is 2. The Morgan fingerprint density at radius 3 is 2.33 bits per heavy atom. The Morgan fingerprint density at radius 2 is 1.72 bits per heavy atom. The van der Waals surface area contributed by atoms with Gasteiger partial charge in [0.25, 0.3) is 0 Å². The molecule has 0 aromatic heterocycles. The predicted molar refractivity (Wildman–Crippen MR) is 65.5 cm³/mol. The van der Waals surface area contributed by atoms with E-state index in [-0.39, 0.29) is 5.69 Å². The molecule has 0 aliphatic carbocycles. The van der Waals surface area contributed by atoms with Crippen molar-refractivity contribution in [2.24, 2.45) is 0 Å². The standard InChI is InChI=1S/C14H10F2N2/c1-9-2-3-14(10(4-9)8-17)18-13-6-11(15)5-12(16)7-13/h2-7,18H,1H3. The van der Waals surface area contributed by atoms with Crippen LogP contribution < -0.4 is 5.32 Å². The number of halogens is 2. The normalized spacial score (nSPS) is 9.89. The smallest absolute Gasteiger partial charge is 0.128 e. The highest BCUT2D eigenvalue weighted by Crippen LogP contribution is 2.22. The second-order valence-electron chi connectivity index (χ2n) is 3.94. The van der Waals surface area contributed by atoms with Gasteiger partial charge in [-0.25, -0.2) is 8.78 Å². The van der Waals surface area contributed by atoms with E-state index in [4.69, 9.17) is 5.26 Å². The van der Waals surface area contributed by atoms with Gasteiger partial charge in [0.2, 0.25) is 0 Å². The Kier molecular flexibility index (Phi) is 3.24. The molecule has 0 spiro atoms. The van der Waals surface area contributed by atoms with Gasteiger partial charge in [-0.05, 0) is 36.8 Å². The highest BCUT2D eigenvalue weighted by Gasteiger charge is 2.05. The molecule has 0 unspecified atom stereocenters. The Morgan fingerprint density at radius 1 is 1.06 bits per heavy atom. The first-order valence-corrected chi connectivity index (χ1v) is 5.32. The molecule has 0 saturated carbocycles. The van der Waals surface area contributed by atoms with E-state index in [1.807, 2.05) is 19.1 Å². The van der Waals surface area contributed by atoms with E-state index in [2.05, 4.69) is 5.32 Å². The molecule has 0 bridgehead atoms. The molecule has 0 amide bonds. The number of hydrogen-bond acceptors (Lipinski definition) is 2.